The normalized spacial score (nSPS) is 11.5. The van der Waals surface area contributed by atoms with E-state index in [0.29, 0.717) is 5.82 Å². The second kappa shape index (κ2) is 3.80. The van der Waals surface area contributed by atoms with Crippen molar-refractivity contribution < 1.29 is 0 Å². The van der Waals surface area contributed by atoms with Crippen LogP contribution in [0.4, 0.5) is 5.82 Å². The average Bonchev–Trinajstić information content (AvgIpc) is 1.94. The van der Waals surface area contributed by atoms with Gasteiger partial charge in [-0.25, -0.2) is 4.98 Å². The molecule has 3 nitrogen and oxygen atoms in total. The van der Waals surface area contributed by atoms with Gasteiger partial charge < -0.3 is 5.32 Å². The van der Waals surface area contributed by atoms with Gasteiger partial charge in [-0.1, -0.05) is 0 Å². The highest BCUT2D eigenvalue weighted by Gasteiger charge is 2.12. The molecule has 1 aromatic rings. The molecule has 0 aliphatic heterocycles. The number of nitrogens with one attached hydrogen (secondary N) is 1. The van der Waals surface area contributed by atoms with E-state index in [0.717, 1.165) is 4.47 Å². The van der Waals surface area contributed by atoms with E-state index >= 15 is 0 Å². The first-order chi connectivity index (χ1) is 5.88. The average molecular weight is 265 g/mol. The van der Waals surface area contributed by atoms with Crippen LogP contribution in [-0.4, -0.2) is 15.5 Å². The molecule has 1 rings (SSSR count). The van der Waals surface area contributed by atoms with Crippen LogP contribution in [0, 0.1) is 0 Å². The fourth-order valence-electron chi connectivity index (χ4n) is 0.788. The Morgan fingerprint density at radius 2 is 2.08 bits per heavy atom. The molecule has 0 radical (unpaired) electrons. The fourth-order valence-corrected chi connectivity index (χ4v) is 1.21. The predicted molar refractivity (Wildman–Crippen MR) is 58.1 cm³/mol. The topological polar surface area (TPSA) is 37.8 Å². The number of aromatic nitrogens is 2. The quantitative estimate of drug-likeness (QED) is 0.792. The van der Waals surface area contributed by atoms with Crippen molar-refractivity contribution >= 4 is 33.3 Å². The van der Waals surface area contributed by atoms with Crippen LogP contribution in [0.1, 0.15) is 20.8 Å². The molecule has 13 heavy (non-hydrogen) atoms. The van der Waals surface area contributed by atoms with Gasteiger partial charge in [0.25, 0.3) is 0 Å². The largest absolute Gasteiger partial charge is 0.364 e. The highest BCUT2D eigenvalue weighted by Crippen LogP contribution is 2.23. The lowest BCUT2D eigenvalue weighted by Gasteiger charge is -2.21. The molecular weight excluding hydrogens is 253 g/mol. The second-order valence-electron chi connectivity index (χ2n) is 3.71. The van der Waals surface area contributed by atoms with E-state index in [1.165, 1.54) is 0 Å². The lowest BCUT2D eigenvalue weighted by atomic mass is 10.1. The van der Waals surface area contributed by atoms with Crippen molar-refractivity contribution in [1.29, 1.82) is 0 Å². The van der Waals surface area contributed by atoms with Crippen molar-refractivity contribution in [2.45, 2.75) is 26.3 Å². The van der Waals surface area contributed by atoms with Crippen LogP contribution in [0.5, 0.6) is 0 Å². The standard InChI is InChI=1S/C8H11BrClN3/c1-8(2,3)13-6-5(9)4-11-7(10)12-6/h4H,1-3H3,(H,11,12,13). The van der Waals surface area contributed by atoms with Crippen LogP contribution in [0.2, 0.25) is 5.28 Å². The Kier molecular flexibility index (Phi) is 3.14. The third kappa shape index (κ3) is 3.48. The Labute approximate surface area is 91.1 Å². The van der Waals surface area contributed by atoms with Gasteiger partial charge in [0.1, 0.15) is 5.82 Å². The number of anilines is 1. The van der Waals surface area contributed by atoms with Gasteiger partial charge in [0.05, 0.1) is 4.47 Å². The molecule has 5 heteroatoms. The van der Waals surface area contributed by atoms with Crippen molar-refractivity contribution in [2.75, 3.05) is 5.32 Å². The summed E-state index contributed by atoms with van der Waals surface area (Å²) in [6.45, 7) is 6.15. The molecule has 0 aliphatic rings. The van der Waals surface area contributed by atoms with Gasteiger partial charge in [-0.3, -0.25) is 0 Å². The monoisotopic (exact) mass is 263 g/mol. The minimum atomic E-state index is -0.0415. The lowest BCUT2D eigenvalue weighted by Crippen LogP contribution is -2.27. The summed E-state index contributed by atoms with van der Waals surface area (Å²) in [6.07, 6.45) is 1.63. The summed E-state index contributed by atoms with van der Waals surface area (Å²) in [4.78, 5) is 7.89. The van der Waals surface area contributed by atoms with Crippen molar-refractivity contribution in [3.63, 3.8) is 0 Å². The molecular formula is C8H11BrClN3. The third-order valence-corrected chi connectivity index (χ3v) is 1.97. The maximum atomic E-state index is 5.66. The smallest absolute Gasteiger partial charge is 0.224 e. The molecule has 72 valence electrons. The zero-order valence-electron chi connectivity index (χ0n) is 7.73. The van der Waals surface area contributed by atoms with Gasteiger partial charge in [-0.05, 0) is 48.3 Å². The van der Waals surface area contributed by atoms with Crippen molar-refractivity contribution in [3.05, 3.63) is 16.0 Å². The Balaban J connectivity index is 2.94. The molecule has 0 aromatic carbocycles. The number of hydrogen-bond donors (Lipinski definition) is 1. The van der Waals surface area contributed by atoms with Crippen molar-refractivity contribution in [2.24, 2.45) is 0 Å². The van der Waals surface area contributed by atoms with E-state index in [9.17, 15) is 0 Å². The van der Waals surface area contributed by atoms with Crippen LogP contribution < -0.4 is 5.32 Å². The van der Waals surface area contributed by atoms with Gasteiger partial charge in [-0.2, -0.15) is 4.98 Å². The molecule has 0 amide bonds. The van der Waals surface area contributed by atoms with Crippen LogP contribution in [-0.2, 0) is 0 Å². The van der Waals surface area contributed by atoms with Gasteiger partial charge in [0.15, 0.2) is 0 Å². The lowest BCUT2D eigenvalue weighted by molar-refractivity contribution is 0.629. The number of halogens is 2. The number of hydrogen-bond acceptors (Lipinski definition) is 3. The van der Waals surface area contributed by atoms with Crippen LogP contribution in [0.15, 0.2) is 10.7 Å². The molecule has 0 bridgehead atoms. The maximum absolute atomic E-state index is 5.66. The molecule has 1 heterocycles. The summed E-state index contributed by atoms with van der Waals surface area (Å²) in [5.74, 6) is 0.715. The molecule has 0 atom stereocenters. The van der Waals surface area contributed by atoms with Crippen molar-refractivity contribution in [3.8, 4) is 0 Å². The summed E-state index contributed by atoms with van der Waals surface area (Å²) in [7, 11) is 0. The Morgan fingerprint density at radius 1 is 1.46 bits per heavy atom. The second-order valence-corrected chi connectivity index (χ2v) is 4.90. The van der Waals surface area contributed by atoms with Gasteiger partial charge in [0, 0.05) is 11.7 Å². The SMILES string of the molecule is CC(C)(C)Nc1nc(Cl)ncc1Br. The molecule has 0 saturated carbocycles. The van der Waals surface area contributed by atoms with Gasteiger partial charge >= 0.3 is 0 Å². The Bertz CT molecular complexity index is 309. The van der Waals surface area contributed by atoms with E-state index in [-0.39, 0.29) is 10.8 Å². The molecule has 0 saturated heterocycles. The first kappa shape index (κ1) is 10.7. The van der Waals surface area contributed by atoms with Crippen LogP contribution in [0.3, 0.4) is 0 Å². The first-order valence-corrected chi connectivity index (χ1v) is 5.02. The van der Waals surface area contributed by atoms with Gasteiger partial charge in [-0.15, -0.1) is 0 Å². The number of nitrogens with zero attached hydrogens (tertiary/aromatic N) is 2. The molecule has 0 aliphatic carbocycles. The van der Waals surface area contributed by atoms with Gasteiger partial charge in [0.2, 0.25) is 5.28 Å². The maximum Gasteiger partial charge on any atom is 0.224 e. The molecule has 0 fully saturated rings. The highest BCUT2D eigenvalue weighted by atomic mass is 79.9. The van der Waals surface area contributed by atoms with E-state index < -0.39 is 0 Å². The van der Waals surface area contributed by atoms with E-state index in [1.54, 1.807) is 6.20 Å². The minimum Gasteiger partial charge on any atom is -0.364 e. The summed E-state index contributed by atoms with van der Waals surface area (Å²) in [6, 6.07) is 0. The zero-order valence-corrected chi connectivity index (χ0v) is 10.1. The number of rotatable bonds is 1. The third-order valence-electron chi connectivity index (χ3n) is 1.21. The molecule has 1 aromatic heterocycles. The summed E-state index contributed by atoms with van der Waals surface area (Å²) in [5.41, 5.74) is -0.0415. The zero-order chi connectivity index (χ0) is 10.1. The Hall–Kier alpha value is -0.350. The van der Waals surface area contributed by atoms with E-state index in [1.807, 2.05) is 0 Å². The fraction of sp³-hybridized carbons (Fsp3) is 0.500. The van der Waals surface area contributed by atoms with Crippen LogP contribution in [0.25, 0.3) is 0 Å². The predicted octanol–water partition coefficient (Wildman–Crippen LogP) is 3.10. The summed E-state index contributed by atoms with van der Waals surface area (Å²) >= 11 is 9.00. The Morgan fingerprint density at radius 3 is 2.62 bits per heavy atom. The van der Waals surface area contributed by atoms with Crippen molar-refractivity contribution in [1.82, 2.24) is 9.97 Å². The first-order valence-electron chi connectivity index (χ1n) is 3.85. The van der Waals surface area contributed by atoms with Crippen LogP contribution >= 0.6 is 27.5 Å². The summed E-state index contributed by atoms with van der Waals surface area (Å²) < 4.78 is 0.812. The minimum absolute atomic E-state index is 0.0415. The summed E-state index contributed by atoms with van der Waals surface area (Å²) in [5, 5.41) is 3.45. The molecule has 0 unspecified atom stereocenters. The molecule has 0 spiro atoms. The highest BCUT2D eigenvalue weighted by molar-refractivity contribution is 9.10. The van der Waals surface area contributed by atoms with E-state index in [4.69, 9.17) is 11.6 Å². The molecule has 1 N–H and O–H groups in total. The van der Waals surface area contributed by atoms with E-state index in [2.05, 4.69) is 52.0 Å².